The largest absolute Gasteiger partial charge is 0.383 e. The van der Waals surface area contributed by atoms with Gasteiger partial charge in [-0.15, -0.1) is 0 Å². The summed E-state index contributed by atoms with van der Waals surface area (Å²) in [5.41, 5.74) is 3.03. The number of nitrogens with zero attached hydrogens (tertiary/aromatic N) is 1. The van der Waals surface area contributed by atoms with E-state index in [0.717, 1.165) is 0 Å². The molecule has 3 amide bonds. The SMILES string of the molecule is COCCNC(=O)C(=O)N/N=C(/C)CC(=O)Nc1ccc(Cl)cc1. The lowest BCUT2D eigenvalue weighted by atomic mass is 10.2. The fourth-order valence-corrected chi connectivity index (χ4v) is 1.68. The summed E-state index contributed by atoms with van der Waals surface area (Å²) in [4.78, 5) is 34.7. The first-order valence-corrected chi connectivity index (χ1v) is 7.46. The van der Waals surface area contributed by atoms with Gasteiger partial charge in [0.15, 0.2) is 0 Å². The second-order valence-electron chi connectivity index (χ2n) is 4.77. The Balaban J connectivity index is 2.40. The predicted octanol–water partition coefficient (Wildman–Crippen LogP) is 0.923. The standard InChI is InChI=1S/C15H19ClN4O4/c1-10(19-20-15(23)14(22)17-7-8-24-2)9-13(21)18-12-5-3-11(16)4-6-12/h3-6H,7-9H2,1-2H3,(H,17,22)(H,18,21)(H,20,23)/b19-10-. The predicted molar refractivity (Wildman–Crippen MR) is 90.8 cm³/mol. The maximum absolute atomic E-state index is 11.8. The average Bonchev–Trinajstić information content (AvgIpc) is 2.54. The zero-order valence-corrected chi connectivity index (χ0v) is 14.1. The molecule has 0 radical (unpaired) electrons. The molecule has 1 aromatic rings. The minimum absolute atomic E-state index is 0.0335. The molecule has 24 heavy (non-hydrogen) atoms. The summed E-state index contributed by atoms with van der Waals surface area (Å²) in [6.45, 7) is 2.08. The van der Waals surface area contributed by atoms with E-state index in [2.05, 4.69) is 21.2 Å². The van der Waals surface area contributed by atoms with Crippen LogP contribution in [0.15, 0.2) is 29.4 Å². The van der Waals surface area contributed by atoms with Gasteiger partial charge in [-0.1, -0.05) is 11.6 Å². The van der Waals surface area contributed by atoms with Crippen LogP contribution in [-0.2, 0) is 19.1 Å². The molecule has 0 saturated heterocycles. The van der Waals surface area contributed by atoms with Crippen molar-refractivity contribution < 1.29 is 19.1 Å². The number of nitrogens with one attached hydrogen (secondary N) is 3. The molecule has 0 fully saturated rings. The minimum atomic E-state index is -0.913. The van der Waals surface area contributed by atoms with Crippen LogP contribution in [0, 0.1) is 0 Å². The van der Waals surface area contributed by atoms with Gasteiger partial charge in [-0.2, -0.15) is 5.10 Å². The number of methoxy groups -OCH3 is 1. The van der Waals surface area contributed by atoms with Crippen LogP contribution in [0.1, 0.15) is 13.3 Å². The van der Waals surface area contributed by atoms with Crippen LogP contribution in [0.25, 0.3) is 0 Å². The Bertz CT molecular complexity index is 616. The highest BCUT2D eigenvalue weighted by atomic mass is 35.5. The van der Waals surface area contributed by atoms with Crippen molar-refractivity contribution in [3.8, 4) is 0 Å². The highest BCUT2D eigenvalue weighted by Crippen LogP contribution is 2.13. The number of halogens is 1. The van der Waals surface area contributed by atoms with E-state index in [4.69, 9.17) is 16.3 Å². The topological polar surface area (TPSA) is 109 Å². The van der Waals surface area contributed by atoms with Crippen molar-refractivity contribution in [3.63, 3.8) is 0 Å². The molecular formula is C15H19ClN4O4. The van der Waals surface area contributed by atoms with Gasteiger partial charge in [-0.25, -0.2) is 5.43 Å². The number of rotatable bonds is 7. The Hall–Kier alpha value is -2.45. The van der Waals surface area contributed by atoms with Crippen LogP contribution >= 0.6 is 11.6 Å². The maximum Gasteiger partial charge on any atom is 0.329 e. The minimum Gasteiger partial charge on any atom is -0.383 e. The first kappa shape index (κ1) is 19.6. The summed E-state index contributed by atoms with van der Waals surface area (Å²) in [5, 5.41) is 9.29. The molecule has 0 aliphatic heterocycles. The van der Waals surface area contributed by atoms with Crippen LogP contribution in [0.5, 0.6) is 0 Å². The molecule has 3 N–H and O–H groups in total. The zero-order valence-electron chi connectivity index (χ0n) is 13.4. The van der Waals surface area contributed by atoms with Gasteiger partial charge in [-0.3, -0.25) is 14.4 Å². The van der Waals surface area contributed by atoms with Crippen molar-refractivity contribution in [2.75, 3.05) is 25.6 Å². The summed E-state index contributed by atoms with van der Waals surface area (Å²) in [6.07, 6.45) is -0.0335. The van der Waals surface area contributed by atoms with E-state index in [9.17, 15) is 14.4 Å². The number of hydrazone groups is 1. The smallest absolute Gasteiger partial charge is 0.329 e. The third kappa shape index (κ3) is 7.70. The van der Waals surface area contributed by atoms with Crippen LogP contribution in [0.3, 0.4) is 0 Å². The summed E-state index contributed by atoms with van der Waals surface area (Å²) in [5.74, 6) is -2.05. The lowest BCUT2D eigenvalue weighted by Crippen LogP contribution is -2.39. The second kappa shape index (κ2) is 10.3. The fourth-order valence-electron chi connectivity index (χ4n) is 1.55. The van der Waals surface area contributed by atoms with Gasteiger partial charge < -0.3 is 15.4 Å². The van der Waals surface area contributed by atoms with Crippen LogP contribution in [0.2, 0.25) is 5.02 Å². The van der Waals surface area contributed by atoms with Crippen LogP contribution in [-0.4, -0.2) is 43.7 Å². The molecule has 9 heteroatoms. The molecule has 1 rings (SSSR count). The van der Waals surface area contributed by atoms with E-state index in [-0.39, 0.29) is 18.9 Å². The summed E-state index contributed by atoms with van der Waals surface area (Å²) in [6, 6.07) is 6.64. The van der Waals surface area contributed by atoms with E-state index in [1.165, 1.54) is 7.11 Å². The molecule has 0 aliphatic rings. The molecule has 130 valence electrons. The highest BCUT2D eigenvalue weighted by molar-refractivity contribution is 6.35. The van der Waals surface area contributed by atoms with E-state index in [1.807, 2.05) is 0 Å². The quantitative estimate of drug-likeness (QED) is 0.293. The molecule has 0 saturated carbocycles. The lowest BCUT2D eigenvalue weighted by molar-refractivity contribution is -0.139. The number of carbonyl (C=O) groups excluding carboxylic acids is 3. The number of hydrogen-bond donors (Lipinski definition) is 3. The van der Waals surface area contributed by atoms with E-state index in [1.54, 1.807) is 31.2 Å². The molecule has 0 heterocycles. The Morgan fingerprint density at radius 2 is 1.83 bits per heavy atom. The molecule has 0 aromatic heterocycles. The fraction of sp³-hybridized carbons (Fsp3) is 0.333. The van der Waals surface area contributed by atoms with Crippen LogP contribution < -0.4 is 16.1 Å². The Morgan fingerprint density at radius 1 is 1.17 bits per heavy atom. The zero-order chi connectivity index (χ0) is 17.9. The van der Waals surface area contributed by atoms with Gasteiger partial charge in [-0.05, 0) is 31.2 Å². The second-order valence-corrected chi connectivity index (χ2v) is 5.20. The van der Waals surface area contributed by atoms with E-state index < -0.39 is 11.8 Å². The molecule has 0 atom stereocenters. The van der Waals surface area contributed by atoms with Gasteiger partial charge in [0.1, 0.15) is 0 Å². The number of ether oxygens (including phenoxy) is 1. The normalized spacial score (nSPS) is 10.9. The summed E-state index contributed by atoms with van der Waals surface area (Å²) >= 11 is 5.76. The number of anilines is 1. The molecule has 0 spiro atoms. The lowest BCUT2D eigenvalue weighted by Gasteiger charge is -2.06. The molecule has 8 nitrogen and oxygen atoms in total. The van der Waals surface area contributed by atoms with Crippen molar-refractivity contribution in [2.24, 2.45) is 5.10 Å². The van der Waals surface area contributed by atoms with Gasteiger partial charge in [0, 0.05) is 30.1 Å². The summed E-state index contributed by atoms with van der Waals surface area (Å²) < 4.78 is 4.74. The Labute approximate surface area is 144 Å². The molecule has 0 bridgehead atoms. The molecule has 1 aromatic carbocycles. The van der Waals surface area contributed by atoms with Gasteiger partial charge >= 0.3 is 11.8 Å². The first-order chi connectivity index (χ1) is 11.4. The summed E-state index contributed by atoms with van der Waals surface area (Å²) in [7, 11) is 1.48. The third-order valence-corrected chi connectivity index (χ3v) is 2.94. The van der Waals surface area contributed by atoms with Crippen molar-refractivity contribution in [2.45, 2.75) is 13.3 Å². The monoisotopic (exact) mass is 354 g/mol. The number of amides is 3. The molecular weight excluding hydrogens is 336 g/mol. The number of benzene rings is 1. The average molecular weight is 355 g/mol. The highest BCUT2D eigenvalue weighted by Gasteiger charge is 2.12. The van der Waals surface area contributed by atoms with Crippen molar-refractivity contribution in [3.05, 3.63) is 29.3 Å². The first-order valence-electron chi connectivity index (χ1n) is 7.08. The van der Waals surface area contributed by atoms with Gasteiger partial charge in [0.05, 0.1) is 13.0 Å². The molecule has 0 unspecified atom stereocenters. The Kier molecular flexibility index (Phi) is 8.45. The Morgan fingerprint density at radius 3 is 2.46 bits per heavy atom. The third-order valence-electron chi connectivity index (χ3n) is 2.69. The van der Waals surface area contributed by atoms with Crippen molar-refractivity contribution in [1.82, 2.24) is 10.7 Å². The number of hydrogen-bond acceptors (Lipinski definition) is 5. The maximum atomic E-state index is 11.8. The van der Waals surface area contributed by atoms with Gasteiger partial charge in [0.2, 0.25) is 5.91 Å². The van der Waals surface area contributed by atoms with Crippen molar-refractivity contribution >= 4 is 40.7 Å². The van der Waals surface area contributed by atoms with Crippen molar-refractivity contribution in [1.29, 1.82) is 0 Å². The van der Waals surface area contributed by atoms with Gasteiger partial charge in [0.25, 0.3) is 0 Å². The number of carbonyl (C=O) groups is 3. The van der Waals surface area contributed by atoms with Crippen LogP contribution in [0.4, 0.5) is 5.69 Å². The molecule has 0 aliphatic carbocycles. The van der Waals surface area contributed by atoms with E-state index >= 15 is 0 Å². The van der Waals surface area contributed by atoms with E-state index in [0.29, 0.717) is 23.0 Å².